The highest BCUT2D eigenvalue weighted by Gasteiger charge is 2.42. The number of rotatable bonds is 40. The summed E-state index contributed by atoms with van der Waals surface area (Å²) >= 11 is 0. The Morgan fingerprint density at radius 2 is 0.745 bits per heavy atom. The molecule has 0 aliphatic heterocycles. The lowest BCUT2D eigenvalue weighted by Crippen LogP contribution is -2.62. The summed E-state index contributed by atoms with van der Waals surface area (Å²) in [5, 5.41) is 4.19. The number of hydrogen-bond donors (Lipinski definition) is 2. The Balaban J connectivity index is 6.25. The topological polar surface area (TPSA) is 41.3 Å². The lowest BCUT2D eigenvalue weighted by Gasteiger charge is -2.51. The molecular formula is C44H93N3. The molecule has 1 unspecified atom stereocenters. The van der Waals surface area contributed by atoms with E-state index in [0.29, 0.717) is 6.04 Å². The third-order valence-electron chi connectivity index (χ3n) is 11.1. The normalized spacial score (nSPS) is 12.8. The van der Waals surface area contributed by atoms with Gasteiger partial charge in [0.25, 0.3) is 0 Å². The van der Waals surface area contributed by atoms with Crippen LogP contribution in [0.1, 0.15) is 247 Å². The van der Waals surface area contributed by atoms with Gasteiger partial charge in [-0.25, -0.2) is 0 Å². The zero-order chi connectivity index (χ0) is 34.5. The molecule has 0 bridgehead atoms. The standard InChI is InChI=1S/C44H93N3/c1-6-11-16-21-26-31-36-43(46-40-39-45)44(37-32-27-22-17-12-7-2,38-33-28-23-18-13-8-3)47(41-34-29-24-19-14-9-4)42-35-30-25-20-15-10-5/h43,46H,6-42,45H2,1-5H3. The van der Waals surface area contributed by atoms with E-state index in [9.17, 15) is 0 Å². The Hall–Kier alpha value is -0.120. The first-order valence-corrected chi connectivity index (χ1v) is 22.3. The van der Waals surface area contributed by atoms with Crippen molar-refractivity contribution in [3.8, 4) is 0 Å². The van der Waals surface area contributed by atoms with Crippen LogP contribution in [0.25, 0.3) is 0 Å². The molecule has 0 aromatic rings. The zero-order valence-corrected chi connectivity index (χ0v) is 33.8. The van der Waals surface area contributed by atoms with E-state index in [4.69, 9.17) is 5.73 Å². The van der Waals surface area contributed by atoms with Crippen LogP contribution in [-0.4, -0.2) is 42.7 Å². The summed E-state index contributed by atoms with van der Waals surface area (Å²) in [6.45, 7) is 16.1. The molecule has 0 saturated carbocycles. The fourth-order valence-corrected chi connectivity index (χ4v) is 8.10. The van der Waals surface area contributed by atoms with Gasteiger partial charge in [-0.2, -0.15) is 0 Å². The van der Waals surface area contributed by atoms with E-state index < -0.39 is 0 Å². The van der Waals surface area contributed by atoms with E-state index in [2.05, 4.69) is 44.8 Å². The van der Waals surface area contributed by atoms with Crippen molar-refractivity contribution in [2.75, 3.05) is 26.2 Å². The van der Waals surface area contributed by atoms with Crippen LogP contribution >= 0.6 is 0 Å². The van der Waals surface area contributed by atoms with Gasteiger partial charge in [-0.05, 0) is 45.2 Å². The third kappa shape index (κ3) is 26.4. The van der Waals surface area contributed by atoms with E-state index in [1.165, 1.54) is 225 Å². The molecule has 0 aliphatic rings. The molecule has 284 valence electrons. The SMILES string of the molecule is CCCCCCCCC(NCCN)C(CCCCCCCC)(CCCCCCCC)N(CCCCCCCC)CCCCCCCC. The zero-order valence-electron chi connectivity index (χ0n) is 33.8. The molecule has 1 atom stereocenters. The molecule has 0 rings (SSSR count). The number of nitrogens with two attached hydrogens (primary N) is 1. The van der Waals surface area contributed by atoms with Crippen LogP contribution in [0.3, 0.4) is 0 Å². The highest BCUT2D eigenvalue weighted by atomic mass is 15.2. The van der Waals surface area contributed by atoms with Gasteiger partial charge in [0.15, 0.2) is 0 Å². The van der Waals surface area contributed by atoms with Gasteiger partial charge in [0, 0.05) is 24.7 Å². The van der Waals surface area contributed by atoms with Crippen molar-refractivity contribution < 1.29 is 0 Å². The summed E-state index contributed by atoms with van der Waals surface area (Å²) < 4.78 is 0. The lowest BCUT2D eigenvalue weighted by atomic mass is 9.75. The Bertz CT molecular complexity index is 546. The summed E-state index contributed by atoms with van der Waals surface area (Å²) in [6.07, 6.45) is 46.1. The molecule has 0 aromatic carbocycles. The third-order valence-corrected chi connectivity index (χ3v) is 11.1. The quantitative estimate of drug-likeness (QED) is 0.0641. The van der Waals surface area contributed by atoms with Crippen molar-refractivity contribution >= 4 is 0 Å². The lowest BCUT2D eigenvalue weighted by molar-refractivity contribution is 0.0208. The first kappa shape index (κ1) is 46.9. The van der Waals surface area contributed by atoms with Crippen molar-refractivity contribution in [3.05, 3.63) is 0 Å². The first-order chi connectivity index (χ1) is 23.2. The predicted molar refractivity (Wildman–Crippen MR) is 216 cm³/mol. The maximum absolute atomic E-state index is 6.24. The van der Waals surface area contributed by atoms with E-state index in [-0.39, 0.29) is 5.54 Å². The average Bonchev–Trinajstić information content (AvgIpc) is 3.08. The van der Waals surface area contributed by atoms with Crippen LogP contribution in [-0.2, 0) is 0 Å². The van der Waals surface area contributed by atoms with Crippen LogP contribution in [0.15, 0.2) is 0 Å². The fraction of sp³-hybridized carbons (Fsp3) is 1.00. The van der Waals surface area contributed by atoms with Crippen molar-refractivity contribution in [1.29, 1.82) is 0 Å². The van der Waals surface area contributed by atoms with Crippen LogP contribution in [0.4, 0.5) is 0 Å². The molecule has 0 fully saturated rings. The maximum atomic E-state index is 6.24. The highest BCUT2D eigenvalue weighted by molar-refractivity contribution is 5.01. The van der Waals surface area contributed by atoms with Crippen LogP contribution in [0.5, 0.6) is 0 Å². The van der Waals surface area contributed by atoms with Crippen molar-refractivity contribution in [2.45, 2.75) is 258 Å². The molecule has 0 spiro atoms. The minimum absolute atomic E-state index is 0.279. The summed E-state index contributed by atoms with van der Waals surface area (Å²) in [5.74, 6) is 0. The summed E-state index contributed by atoms with van der Waals surface area (Å²) in [6, 6.07) is 0.573. The second kappa shape index (κ2) is 37.1. The van der Waals surface area contributed by atoms with Crippen molar-refractivity contribution in [2.24, 2.45) is 5.73 Å². The summed E-state index contributed by atoms with van der Waals surface area (Å²) in [4.78, 5) is 3.13. The molecule has 3 nitrogen and oxygen atoms in total. The Labute approximate surface area is 299 Å². The molecule has 0 radical (unpaired) electrons. The Morgan fingerprint density at radius 1 is 0.426 bits per heavy atom. The van der Waals surface area contributed by atoms with E-state index in [1.807, 2.05) is 0 Å². The highest BCUT2D eigenvalue weighted by Crippen LogP contribution is 2.37. The van der Waals surface area contributed by atoms with Gasteiger partial charge < -0.3 is 11.1 Å². The second-order valence-electron chi connectivity index (χ2n) is 15.5. The number of hydrogen-bond acceptors (Lipinski definition) is 3. The van der Waals surface area contributed by atoms with Crippen molar-refractivity contribution in [1.82, 2.24) is 10.2 Å². The molecule has 0 saturated heterocycles. The van der Waals surface area contributed by atoms with Gasteiger partial charge in [0.1, 0.15) is 0 Å². The van der Waals surface area contributed by atoms with Crippen LogP contribution in [0, 0.1) is 0 Å². The first-order valence-electron chi connectivity index (χ1n) is 22.3. The van der Waals surface area contributed by atoms with E-state index >= 15 is 0 Å². The molecule has 47 heavy (non-hydrogen) atoms. The second-order valence-corrected chi connectivity index (χ2v) is 15.5. The van der Waals surface area contributed by atoms with E-state index in [0.717, 1.165) is 13.1 Å². The Morgan fingerprint density at radius 3 is 1.11 bits per heavy atom. The fourth-order valence-electron chi connectivity index (χ4n) is 8.10. The largest absolute Gasteiger partial charge is 0.329 e. The molecule has 0 heterocycles. The van der Waals surface area contributed by atoms with Gasteiger partial charge in [-0.15, -0.1) is 0 Å². The number of unbranched alkanes of at least 4 members (excludes halogenated alkanes) is 25. The van der Waals surface area contributed by atoms with Crippen LogP contribution in [0.2, 0.25) is 0 Å². The van der Waals surface area contributed by atoms with Gasteiger partial charge in [0.2, 0.25) is 0 Å². The minimum Gasteiger partial charge on any atom is -0.329 e. The van der Waals surface area contributed by atoms with Gasteiger partial charge in [0.05, 0.1) is 0 Å². The molecular weight excluding hydrogens is 571 g/mol. The summed E-state index contributed by atoms with van der Waals surface area (Å²) in [5.41, 5.74) is 6.52. The van der Waals surface area contributed by atoms with Gasteiger partial charge in [-0.3, -0.25) is 4.90 Å². The molecule has 3 N–H and O–H groups in total. The molecule has 0 aromatic heterocycles. The van der Waals surface area contributed by atoms with E-state index in [1.54, 1.807) is 0 Å². The number of nitrogens with one attached hydrogen (secondary N) is 1. The maximum Gasteiger partial charge on any atom is 0.0362 e. The molecule has 0 amide bonds. The average molecular weight is 664 g/mol. The van der Waals surface area contributed by atoms with Gasteiger partial charge >= 0.3 is 0 Å². The Kier molecular flexibility index (Phi) is 37.0. The summed E-state index contributed by atoms with van der Waals surface area (Å²) in [7, 11) is 0. The predicted octanol–water partition coefficient (Wildman–Crippen LogP) is 13.9. The minimum atomic E-state index is 0.279. The molecule has 0 aliphatic carbocycles. The monoisotopic (exact) mass is 664 g/mol. The number of nitrogens with zero attached hydrogens (tertiary/aromatic N) is 1. The smallest absolute Gasteiger partial charge is 0.0362 e. The van der Waals surface area contributed by atoms with Crippen molar-refractivity contribution in [3.63, 3.8) is 0 Å². The van der Waals surface area contributed by atoms with Crippen LogP contribution < -0.4 is 11.1 Å². The molecule has 3 heteroatoms. The van der Waals surface area contributed by atoms with Gasteiger partial charge in [-0.1, -0.05) is 214 Å².